The van der Waals surface area contributed by atoms with E-state index in [9.17, 15) is 4.39 Å². The second-order valence-corrected chi connectivity index (χ2v) is 7.20. The summed E-state index contributed by atoms with van der Waals surface area (Å²) >= 11 is 5.98. The Morgan fingerprint density at radius 2 is 2.04 bits per heavy atom. The molecule has 0 spiro atoms. The maximum Gasteiger partial charge on any atom is 0.207 e. The van der Waals surface area contributed by atoms with E-state index in [0.29, 0.717) is 24.5 Å². The van der Waals surface area contributed by atoms with Crippen LogP contribution in [0.5, 0.6) is 0 Å². The molecule has 0 bridgehead atoms. The molecule has 0 radical (unpaired) electrons. The van der Waals surface area contributed by atoms with Crippen molar-refractivity contribution in [1.82, 2.24) is 14.5 Å². The Morgan fingerprint density at radius 1 is 1.26 bits per heavy atom. The Morgan fingerprint density at radius 3 is 2.74 bits per heavy atom. The van der Waals surface area contributed by atoms with Gasteiger partial charge in [0.2, 0.25) is 5.95 Å². The van der Waals surface area contributed by atoms with Gasteiger partial charge in [0.1, 0.15) is 6.17 Å². The van der Waals surface area contributed by atoms with Crippen molar-refractivity contribution in [1.29, 1.82) is 0 Å². The van der Waals surface area contributed by atoms with Crippen LogP contribution in [0.2, 0.25) is 5.02 Å². The van der Waals surface area contributed by atoms with E-state index in [1.807, 2.05) is 36.4 Å². The first-order chi connectivity index (χ1) is 12.5. The highest BCUT2D eigenvalue weighted by Crippen LogP contribution is 2.31. The first kappa shape index (κ1) is 19.9. The molecule has 3 atom stereocenters. The number of fused-ring (bicyclic) bond motifs is 1. The number of benzene rings is 1. The van der Waals surface area contributed by atoms with Crippen molar-refractivity contribution in [2.24, 2.45) is 5.73 Å². The van der Waals surface area contributed by atoms with Crippen LogP contribution in [-0.4, -0.2) is 39.8 Å². The number of hydrogen-bond acceptors (Lipinski definition) is 4. The number of piperidine rings is 1. The third kappa shape index (κ3) is 3.74. The number of nitrogens with two attached hydrogens (primary N) is 1. The van der Waals surface area contributed by atoms with Crippen molar-refractivity contribution in [3.8, 4) is 0 Å². The van der Waals surface area contributed by atoms with Gasteiger partial charge in [-0.05, 0) is 37.6 Å². The van der Waals surface area contributed by atoms with Crippen LogP contribution >= 0.6 is 24.0 Å². The van der Waals surface area contributed by atoms with Crippen LogP contribution in [0.25, 0.3) is 11.0 Å². The Kier molecular flexibility index (Phi) is 5.89. The number of alkyl halides is 1. The first-order valence-corrected chi connectivity index (χ1v) is 9.15. The molecule has 4 rings (SSSR count). The van der Waals surface area contributed by atoms with E-state index in [4.69, 9.17) is 22.3 Å². The van der Waals surface area contributed by atoms with Crippen molar-refractivity contribution < 1.29 is 4.39 Å². The van der Waals surface area contributed by atoms with Gasteiger partial charge in [0.05, 0.1) is 33.8 Å². The van der Waals surface area contributed by atoms with Gasteiger partial charge in [-0.1, -0.05) is 23.7 Å². The lowest BCUT2D eigenvalue weighted by molar-refractivity contribution is 0.243. The second kappa shape index (κ2) is 8.00. The van der Waals surface area contributed by atoms with E-state index in [2.05, 4.69) is 21.4 Å². The summed E-state index contributed by atoms with van der Waals surface area (Å²) in [7, 11) is 0. The Balaban J connectivity index is 0.00000210. The van der Waals surface area contributed by atoms with Crippen LogP contribution in [-0.2, 0) is 0 Å². The summed E-state index contributed by atoms with van der Waals surface area (Å²) in [5.74, 6) is 0.804. The van der Waals surface area contributed by atoms with Crippen molar-refractivity contribution >= 4 is 41.0 Å². The summed E-state index contributed by atoms with van der Waals surface area (Å²) in [6.45, 7) is 3.12. The molecule has 0 unspecified atom stereocenters. The molecule has 144 valence electrons. The molecule has 1 saturated heterocycles. The van der Waals surface area contributed by atoms with Crippen molar-refractivity contribution in [3.63, 3.8) is 0 Å². The minimum Gasteiger partial charge on any atom is -0.340 e. The fourth-order valence-corrected chi connectivity index (χ4v) is 3.65. The molecule has 5 nitrogen and oxygen atoms in total. The third-order valence-electron chi connectivity index (χ3n) is 5.00. The topological polar surface area (TPSA) is 60.0 Å². The van der Waals surface area contributed by atoms with Gasteiger partial charge in [-0.3, -0.25) is 4.98 Å². The number of hydrogen-bond donors (Lipinski definition) is 1. The van der Waals surface area contributed by atoms with E-state index >= 15 is 0 Å². The molecule has 0 aliphatic carbocycles. The molecular weight excluding hydrogens is 388 g/mol. The number of halogens is 3. The zero-order chi connectivity index (χ0) is 18.3. The predicted octanol–water partition coefficient (Wildman–Crippen LogP) is 3.99. The molecule has 1 aliphatic heterocycles. The fraction of sp³-hybridized carbons (Fsp3) is 0.368. The van der Waals surface area contributed by atoms with Crippen LogP contribution in [0.15, 0.2) is 42.6 Å². The molecule has 1 aromatic carbocycles. The van der Waals surface area contributed by atoms with Gasteiger partial charge >= 0.3 is 0 Å². The molecule has 8 heteroatoms. The number of rotatable bonds is 3. The summed E-state index contributed by atoms with van der Waals surface area (Å²) in [6, 6.07) is 11.2. The van der Waals surface area contributed by atoms with Crippen LogP contribution in [0, 0.1) is 0 Å². The predicted molar refractivity (Wildman–Crippen MR) is 110 cm³/mol. The molecule has 2 aromatic heterocycles. The lowest BCUT2D eigenvalue weighted by Gasteiger charge is -2.34. The lowest BCUT2D eigenvalue weighted by Crippen LogP contribution is -2.50. The van der Waals surface area contributed by atoms with E-state index in [-0.39, 0.29) is 18.4 Å². The van der Waals surface area contributed by atoms with Crippen molar-refractivity contribution in [2.45, 2.75) is 31.6 Å². The smallest absolute Gasteiger partial charge is 0.207 e. The van der Waals surface area contributed by atoms with Crippen LogP contribution in [0.1, 0.15) is 25.1 Å². The molecule has 3 heterocycles. The molecule has 27 heavy (non-hydrogen) atoms. The van der Waals surface area contributed by atoms with E-state index in [1.165, 1.54) is 0 Å². The highest BCUT2D eigenvalue weighted by molar-refractivity contribution is 6.30. The number of para-hydroxylation sites is 2. The SMILES string of the molecule is C[C@@H](c1ccc(Cl)cn1)n1c(N2CC[C@@H](F)[C@H](N)C2)nc2ccccc21.Cl. The number of pyridine rings is 1. The van der Waals surface area contributed by atoms with Crippen LogP contribution in [0.3, 0.4) is 0 Å². The Bertz CT molecular complexity index is 914. The van der Waals surface area contributed by atoms with Crippen LogP contribution < -0.4 is 10.6 Å². The largest absolute Gasteiger partial charge is 0.340 e. The zero-order valence-electron chi connectivity index (χ0n) is 14.9. The molecule has 3 aromatic rings. The normalized spacial score (nSPS) is 21.1. The highest BCUT2D eigenvalue weighted by Gasteiger charge is 2.30. The zero-order valence-corrected chi connectivity index (χ0v) is 16.5. The number of nitrogens with zero attached hydrogens (tertiary/aromatic N) is 4. The minimum absolute atomic E-state index is 0. The third-order valence-corrected chi connectivity index (χ3v) is 5.22. The monoisotopic (exact) mass is 409 g/mol. The van der Waals surface area contributed by atoms with Gasteiger partial charge in [0.15, 0.2) is 0 Å². The molecular formula is C19H22Cl2FN5. The Labute approximate surface area is 168 Å². The molecule has 0 saturated carbocycles. The quantitative estimate of drug-likeness (QED) is 0.710. The Hall–Kier alpha value is -1.89. The molecule has 0 amide bonds. The standard InChI is InChI=1S/C19H21ClFN5.ClH/c1-12(16-7-6-13(20)10-23-16)26-18-5-3-2-4-17(18)24-19(26)25-9-8-14(21)15(22)11-25;/h2-7,10,12,14-15H,8-9,11,22H2,1H3;1H/t12-,14+,15+;/m0./s1. The average molecular weight is 410 g/mol. The van der Waals surface area contributed by atoms with E-state index in [1.54, 1.807) is 6.20 Å². The molecule has 2 N–H and O–H groups in total. The maximum atomic E-state index is 13.8. The number of imidazole rings is 1. The second-order valence-electron chi connectivity index (χ2n) is 6.76. The van der Waals surface area contributed by atoms with Crippen LogP contribution in [0.4, 0.5) is 10.3 Å². The van der Waals surface area contributed by atoms with Gasteiger partial charge in [0.25, 0.3) is 0 Å². The van der Waals surface area contributed by atoms with Crippen molar-refractivity contribution in [3.05, 3.63) is 53.3 Å². The summed E-state index contributed by atoms with van der Waals surface area (Å²) < 4.78 is 16.0. The first-order valence-electron chi connectivity index (χ1n) is 8.77. The van der Waals surface area contributed by atoms with Gasteiger partial charge in [-0.2, -0.15) is 0 Å². The van der Waals surface area contributed by atoms with E-state index < -0.39 is 12.2 Å². The number of aromatic nitrogens is 3. The minimum atomic E-state index is -0.959. The van der Waals surface area contributed by atoms with Gasteiger partial charge < -0.3 is 15.2 Å². The van der Waals surface area contributed by atoms with Gasteiger partial charge in [-0.25, -0.2) is 9.37 Å². The lowest BCUT2D eigenvalue weighted by atomic mass is 10.1. The summed E-state index contributed by atoms with van der Waals surface area (Å²) in [5.41, 5.74) is 8.78. The number of anilines is 1. The summed E-state index contributed by atoms with van der Waals surface area (Å²) in [5, 5.41) is 0.604. The molecule has 1 aliphatic rings. The van der Waals surface area contributed by atoms with Crippen molar-refractivity contribution in [2.75, 3.05) is 18.0 Å². The average Bonchev–Trinajstić information content (AvgIpc) is 3.03. The summed E-state index contributed by atoms with van der Waals surface area (Å²) in [4.78, 5) is 11.4. The van der Waals surface area contributed by atoms with Gasteiger partial charge in [0, 0.05) is 19.3 Å². The fourth-order valence-electron chi connectivity index (χ4n) is 3.54. The summed E-state index contributed by atoms with van der Waals surface area (Å²) in [6.07, 6.45) is 1.11. The van der Waals surface area contributed by atoms with Gasteiger partial charge in [-0.15, -0.1) is 12.4 Å². The molecule has 1 fully saturated rings. The van der Waals surface area contributed by atoms with E-state index in [0.717, 1.165) is 22.7 Å². The highest BCUT2D eigenvalue weighted by atomic mass is 35.5. The maximum absolute atomic E-state index is 13.8.